The molecule has 0 atom stereocenters. The van der Waals surface area contributed by atoms with Crippen LogP contribution in [0, 0.1) is 0 Å². The molecule has 0 radical (unpaired) electrons. The van der Waals surface area contributed by atoms with E-state index in [2.05, 4.69) is 15.6 Å². The first-order valence-corrected chi connectivity index (χ1v) is 11.7. The van der Waals surface area contributed by atoms with Gasteiger partial charge in [-0.15, -0.1) is 0 Å². The van der Waals surface area contributed by atoms with Gasteiger partial charge in [0, 0.05) is 24.6 Å². The Kier molecular flexibility index (Phi) is 7.17. The minimum atomic E-state index is -0.332. The van der Waals surface area contributed by atoms with Crippen molar-refractivity contribution in [3.8, 4) is 0 Å². The van der Waals surface area contributed by atoms with E-state index in [9.17, 15) is 14.4 Å². The molecule has 0 spiro atoms. The Morgan fingerprint density at radius 2 is 1.76 bits per heavy atom. The van der Waals surface area contributed by atoms with E-state index in [4.69, 9.17) is 0 Å². The second kappa shape index (κ2) is 10.4. The Morgan fingerprint density at radius 3 is 2.55 bits per heavy atom. The van der Waals surface area contributed by atoms with Gasteiger partial charge in [-0.25, -0.2) is 4.98 Å². The topological polar surface area (TPSA) is 93.1 Å². The van der Waals surface area contributed by atoms with E-state index in [1.165, 1.54) is 4.57 Å². The maximum Gasteiger partial charge on any atom is 0.273 e. The average Bonchev–Trinajstić information content (AvgIpc) is 3.33. The van der Waals surface area contributed by atoms with Crippen molar-refractivity contribution in [2.24, 2.45) is 0 Å². The van der Waals surface area contributed by atoms with Crippen LogP contribution in [0.15, 0.2) is 53.3 Å². The van der Waals surface area contributed by atoms with Gasteiger partial charge in [0.2, 0.25) is 11.8 Å². The van der Waals surface area contributed by atoms with Gasteiger partial charge in [-0.1, -0.05) is 50.1 Å². The molecule has 7 nitrogen and oxygen atoms in total. The Hall–Kier alpha value is -3.48. The number of nitrogens with one attached hydrogen (secondary N) is 2. The number of aromatic nitrogens is 2. The molecule has 3 aromatic rings. The van der Waals surface area contributed by atoms with E-state index in [0.717, 1.165) is 43.4 Å². The van der Waals surface area contributed by atoms with E-state index in [-0.39, 0.29) is 42.8 Å². The van der Waals surface area contributed by atoms with Crippen molar-refractivity contribution in [3.63, 3.8) is 0 Å². The fourth-order valence-corrected chi connectivity index (χ4v) is 4.45. The van der Waals surface area contributed by atoms with Crippen LogP contribution in [0.1, 0.15) is 50.3 Å². The van der Waals surface area contributed by atoms with Crippen molar-refractivity contribution in [2.45, 2.75) is 64.5 Å². The van der Waals surface area contributed by atoms with Crippen LogP contribution in [-0.4, -0.2) is 27.4 Å². The molecule has 0 saturated heterocycles. The normalized spacial score (nSPS) is 13.8. The third-order valence-electron chi connectivity index (χ3n) is 6.20. The molecule has 1 saturated carbocycles. The SMILES string of the molecule is CCc1ccccc1NC(=O)Cn1c(=O)c(CCC(=O)NC2CCCC2)nc2ccccc21. The molecular weight excluding hydrogens is 416 g/mol. The van der Waals surface area contributed by atoms with Gasteiger partial charge >= 0.3 is 0 Å². The lowest BCUT2D eigenvalue weighted by atomic mass is 10.1. The number of hydrogen-bond acceptors (Lipinski definition) is 4. The lowest BCUT2D eigenvalue weighted by molar-refractivity contribution is -0.121. The maximum absolute atomic E-state index is 13.2. The summed E-state index contributed by atoms with van der Waals surface area (Å²) in [5, 5.41) is 5.98. The molecule has 2 N–H and O–H groups in total. The average molecular weight is 447 g/mol. The smallest absolute Gasteiger partial charge is 0.273 e. The predicted octanol–water partition coefficient (Wildman–Crippen LogP) is 3.59. The number of fused-ring (bicyclic) bond motifs is 1. The monoisotopic (exact) mass is 446 g/mol. The van der Waals surface area contributed by atoms with Crippen LogP contribution in [0.3, 0.4) is 0 Å². The molecule has 7 heteroatoms. The van der Waals surface area contributed by atoms with Gasteiger partial charge in [-0.05, 0) is 43.0 Å². The van der Waals surface area contributed by atoms with E-state index in [1.54, 1.807) is 6.07 Å². The molecule has 0 bridgehead atoms. The highest BCUT2D eigenvalue weighted by atomic mass is 16.2. The van der Waals surface area contributed by atoms with Crippen LogP contribution in [0.2, 0.25) is 0 Å². The lowest BCUT2D eigenvalue weighted by Gasteiger charge is -2.14. The molecule has 2 aromatic carbocycles. The van der Waals surface area contributed by atoms with Crippen molar-refractivity contribution < 1.29 is 9.59 Å². The zero-order valence-electron chi connectivity index (χ0n) is 19.0. The maximum atomic E-state index is 13.2. The van der Waals surface area contributed by atoms with Crippen molar-refractivity contribution >= 4 is 28.5 Å². The Morgan fingerprint density at radius 1 is 1.03 bits per heavy atom. The molecule has 4 rings (SSSR count). The van der Waals surface area contributed by atoms with E-state index in [0.29, 0.717) is 16.7 Å². The Labute approximate surface area is 193 Å². The number of carbonyl (C=O) groups excluding carboxylic acids is 2. The van der Waals surface area contributed by atoms with Gasteiger partial charge in [0.15, 0.2) is 0 Å². The number of benzene rings is 2. The van der Waals surface area contributed by atoms with Gasteiger partial charge < -0.3 is 10.6 Å². The first-order chi connectivity index (χ1) is 16.0. The van der Waals surface area contributed by atoms with E-state index in [1.807, 2.05) is 49.4 Å². The first-order valence-electron chi connectivity index (χ1n) is 11.7. The molecule has 33 heavy (non-hydrogen) atoms. The minimum Gasteiger partial charge on any atom is -0.353 e. The summed E-state index contributed by atoms with van der Waals surface area (Å²) >= 11 is 0. The molecular formula is C26H30N4O3. The zero-order chi connectivity index (χ0) is 23.2. The van der Waals surface area contributed by atoms with Crippen molar-refractivity contribution in [2.75, 3.05) is 5.32 Å². The van der Waals surface area contributed by atoms with Crippen LogP contribution in [0.5, 0.6) is 0 Å². The van der Waals surface area contributed by atoms with Crippen LogP contribution >= 0.6 is 0 Å². The molecule has 1 fully saturated rings. The van der Waals surface area contributed by atoms with Crippen molar-refractivity contribution in [1.29, 1.82) is 0 Å². The highest BCUT2D eigenvalue weighted by Gasteiger charge is 2.19. The number of hydrogen-bond donors (Lipinski definition) is 2. The summed E-state index contributed by atoms with van der Waals surface area (Å²) in [6.07, 6.45) is 5.56. The molecule has 1 aliphatic carbocycles. The third kappa shape index (κ3) is 5.48. The van der Waals surface area contributed by atoms with E-state index < -0.39 is 0 Å². The molecule has 0 unspecified atom stereocenters. The fraction of sp³-hybridized carbons (Fsp3) is 0.385. The lowest BCUT2D eigenvalue weighted by Crippen LogP contribution is -2.34. The number of rotatable bonds is 8. The largest absolute Gasteiger partial charge is 0.353 e. The summed E-state index contributed by atoms with van der Waals surface area (Å²) in [6, 6.07) is 15.1. The summed E-state index contributed by atoms with van der Waals surface area (Å²) in [5.74, 6) is -0.337. The molecule has 0 aliphatic heterocycles. The van der Waals surface area contributed by atoms with Crippen LogP contribution in [0.25, 0.3) is 11.0 Å². The van der Waals surface area contributed by atoms with Crippen molar-refractivity contribution in [3.05, 3.63) is 70.1 Å². The number of nitrogens with zero attached hydrogens (tertiary/aromatic N) is 2. The van der Waals surface area contributed by atoms with Crippen LogP contribution < -0.4 is 16.2 Å². The summed E-state index contributed by atoms with van der Waals surface area (Å²) in [4.78, 5) is 43.0. The third-order valence-corrected chi connectivity index (χ3v) is 6.20. The second-order valence-corrected chi connectivity index (χ2v) is 8.55. The summed E-state index contributed by atoms with van der Waals surface area (Å²) < 4.78 is 1.45. The number of anilines is 1. The standard InChI is InChI=1S/C26H30N4O3/c1-2-18-9-3-6-12-20(18)29-25(32)17-30-23-14-8-7-13-21(23)28-22(26(30)33)15-16-24(31)27-19-10-4-5-11-19/h3,6-9,12-14,19H,2,4-5,10-11,15-17H2,1H3,(H,27,31)(H,29,32). The summed E-state index contributed by atoms with van der Waals surface area (Å²) in [6.45, 7) is 1.90. The van der Waals surface area contributed by atoms with Crippen LogP contribution in [0.4, 0.5) is 5.69 Å². The summed E-state index contributed by atoms with van der Waals surface area (Å²) in [5.41, 5.74) is 2.98. The van der Waals surface area contributed by atoms with Gasteiger partial charge in [-0.3, -0.25) is 19.0 Å². The molecule has 1 aliphatic rings. The van der Waals surface area contributed by atoms with Gasteiger partial charge in [0.05, 0.1) is 11.0 Å². The molecule has 2 amide bonds. The number of para-hydroxylation sites is 3. The Balaban J connectivity index is 1.54. The second-order valence-electron chi connectivity index (χ2n) is 8.55. The minimum absolute atomic E-state index is 0.0586. The van der Waals surface area contributed by atoms with Gasteiger partial charge in [-0.2, -0.15) is 0 Å². The van der Waals surface area contributed by atoms with Gasteiger partial charge in [0.1, 0.15) is 12.2 Å². The molecule has 1 aromatic heterocycles. The summed E-state index contributed by atoms with van der Waals surface area (Å²) in [7, 11) is 0. The zero-order valence-corrected chi connectivity index (χ0v) is 19.0. The number of carbonyl (C=O) groups is 2. The number of amides is 2. The van der Waals surface area contributed by atoms with E-state index >= 15 is 0 Å². The van der Waals surface area contributed by atoms with Gasteiger partial charge in [0.25, 0.3) is 5.56 Å². The van der Waals surface area contributed by atoms with Crippen LogP contribution in [-0.2, 0) is 29.0 Å². The highest BCUT2D eigenvalue weighted by Crippen LogP contribution is 2.18. The predicted molar refractivity (Wildman–Crippen MR) is 129 cm³/mol. The highest BCUT2D eigenvalue weighted by molar-refractivity contribution is 5.92. The Bertz CT molecular complexity index is 1210. The quantitative estimate of drug-likeness (QED) is 0.553. The van der Waals surface area contributed by atoms with Crippen molar-refractivity contribution in [1.82, 2.24) is 14.9 Å². The number of aryl methyl sites for hydroxylation is 2. The molecule has 172 valence electrons. The first kappa shape index (κ1) is 22.7. The molecule has 1 heterocycles. The fourth-order valence-electron chi connectivity index (χ4n) is 4.45.